The summed E-state index contributed by atoms with van der Waals surface area (Å²) in [5.74, 6) is -0.150. The maximum Gasteiger partial charge on any atom is 0.165 e. The maximum absolute atomic E-state index is 13.7. The molecule has 2 aromatic rings. The predicted octanol–water partition coefficient (Wildman–Crippen LogP) is 2.89. The molecular weight excluding hydrogens is 277 g/mol. The standard InChI is InChI=1S/C14H18FN3OS/c1-9(2)16-7-6-13-17-18-14(20-13)10-4-5-12(19-3)11(15)8-10/h4-5,8-9,16H,6-7H2,1-3H3. The number of nitrogens with zero attached hydrogens (tertiary/aromatic N) is 2. The number of hydrogen-bond acceptors (Lipinski definition) is 5. The van der Waals surface area contributed by atoms with Crippen LogP contribution in [0.4, 0.5) is 4.39 Å². The van der Waals surface area contributed by atoms with Crippen molar-refractivity contribution in [2.45, 2.75) is 26.3 Å². The third kappa shape index (κ3) is 3.74. The van der Waals surface area contributed by atoms with Crippen LogP contribution in [-0.2, 0) is 6.42 Å². The molecule has 0 atom stereocenters. The molecule has 2 rings (SSSR count). The monoisotopic (exact) mass is 295 g/mol. The zero-order valence-corrected chi connectivity index (χ0v) is 12.6. The first-order valence-corrected chi connectivity index (χ1v) is 7.31. The minimum atomic E-state index is -0.386. The average molecular weight is 295 g/mol. The van der Waals surface area contributed by atoms with Gasteiger partial charge in [-0.05, 0) is 18.2 Å². The quantitative estimate of drug-likeness (QED) is 0.890. The Morgan fingerprint density at radius 2 is 2.15 bits per heavy atom. The van der Waals surface area contributed by atoms with Crippen molar-refractivity contribution in [3.63, 3.8) is 0 Å². The lowest BCUT2D eigenvalue weighted by atomic mass is 10.2. The van der Waals surface area contributed by atoms with Crippen LogP contribution in [0.5, 0.6) is 5.75 Å². The fourth-order valence-electron chi connectivity index (χ4n) is 1.74. The summed E-state index contributed by atoms with van der Waals surface area (Å²) >= 11 is 1.49. The molecule has 0 saturated heterocycles. The van der Waals surface area contributed by atoms with Crippen LogP contribution in [0.15, 0.2) is 18.2 Å². The molecule has 0 amide bonds. The molecule has 20 heavy (non-hydrogen) atoms. The molecule has 1 heterocycles. The SMILES string of the molecule is COc1ccc(-c2nnc(CCNC(C)C)s2)cc1F. The second-order valence-electron chi connectivity index (χ2n) is 4.71. The molecule has 0 fully saturated rings. The van der Waals surface area contributed by atoms with E-state index in [1.165, 1.54) is 24.5 Å². The molecule has 1 aromatic carbocycles. The first kappa shape index (κ1) is 14.9. The molecule has 1 aromatic heterocycles. The summed E-state index contributed by atoms with van der Waals surface area (Å²) in [5.41, 5.74) is 0.726. The van der Waals surface area contributed by atoms with Crippen LogP contribution < -0.4 is 10.1 Å². The Hall–Kier alpha value is -1.53. The van der Waals surface area contributed by atoms with Gasteiger partial charge in [-0.2, -0.15) is 0 Å². The highest BCUT2D eigenvalue weighted by Crippen LogP contribution is 2.27. The van der Waals surface area contributed by atoms with Crippen LogP contribution in [0.25, 0.3) is 10.6 Å². The van der Waals surface area contributed by atoms with Crippen molar-refractivity contribution >= 4 is 11.3 Å². The van der Waals surface area contributed by atoms with Gasteiger partial charge in [-0.15, -0.1) is 10.2 Å². The van der Waals surface area contributed by atoms with E-state index in [0.717, 1.165) is 28.5 Å². The minimum Gasteiger partial charge on any atom is -0.494 e. The Bertz CT molecular complexity index is 571. The second-order valence-corrected chi connectivity index (χ2v) is 5.77. The third-order valence-electron chi connectivity index (χ3n) is 2.76. The van der Waals surface area contributed by atoms with Crippen molar-refractivity contribution in [3.05, 3.63) is 29.0 Å². The normalized spacial score (nSPS) is 11.1. The molecular formula is C14H18FN3OS. The van der Waals surface area contributed by atoms with Gasteiger partial charge in [-0.1, -0.05) is 25.2 Å². The molecule has 0 aliphatic heterocycles. The summed E-state index contributed by atoms with van der Waals surface area (Å²) in [4.78, 5) is 0. The van der Waals surface area contributed by atoms with Gasteiger partial charge in [-0.3, -0.25) is 0 Å². The van der Waals surface area contributed by atoms with Crippen LogP contribution in [0.3, 0.4) is 0 Å². The average Bonchev–Trinajstić information content (AvgIpc) is 2.87. The van der Waals surface area contributed by atoms with E-state index in [0.29, 0.717) is 6.04 Å². The Balaban J connectivity index is 2.06. The van der Waals surface area contributed by atoms with Gasteiger partial charge in [0.1, 0.15) is 10.0 Å². The molecule has 0 aliphatic rings. The van der Waals surface area contributed by atoms with Gasteiger partial charge in [0.05, 0.1) is 7.11 Å². The van der Waals surface area contributed by atoms with Crippen LogP contribution in [0.1, 0.15) is 18.9 Å². The Morgan fingerprint density at radius 3 is 2.80 bits per heavy atom. The van der Waals surface area contributed by atoms with Crippen molar-refractivity contribution in [2.75, 3.05) is 13.7 Å². The Labute approximate surface area is 122 Å². The van der Waals surface area contributed by atoms with Gasteiger partial charge in [0, 0.05) is 24.6 Å². The number of nitrogens with one attached hydrogen (secondary N) is 1. The minimum absolute atomic E-state index is 0.236. The van der Waals surface area contributed by atoms with E-state index < -0.39 is 0 Å². The van der Waals surface area contributed by atoms with Crippen molar-refractivity contribution < 1.29 is 9.13 Å². The topological polar surface area (TPSA) is 47.0 Å². The zero-order chi connectivity index (χ0) is 14.5. The number of rotatable bonds is 6. The van der Waals surface area contributed by atoms with Crippen LogP contribution >= 0.6 is 11.3 Å². The molecule has 0 aliphatic carbocycles. The number of hydrogen-bond donors (Lipinski definition) is 1. The first-order valence-electron chi connectivity index (χ1n) is 6.50. The van der Waals surface area contributed by atoms with E-state index in [1.54, 1.807) is 12.1 Å². The molecule has 1 N–H and O–H groups in total. The smallest absolute Gasteiger partial charge is 0.165 e. The van der Waals surface area contributed by atoms with Crippen LogP contribution in [-0.4, -0.2) is 29.9 Å². The van der Waals surface area contributed by atoms with E-state index in [2.05, 4.69) is 29.4 Å². The van der Waals surface area contributed by atoms with Crippen molar-refractivity contribution in [3.8, 4) is 16.3 Å². The molecule has 108 valence electrons. The number of ether oxygens (including phenoxy) is 1. The second kappa shape index (κ2) is 6.76. The van der Waals surface area contributed by atoms with Gasteiger partial charge in [0.25, 0.3) is 0 Å². The summed E-state index contributed by atoms with van der Waals surface area (Å²) in [5, 5.41) is 13.3. The van der Waals surface area contributed by atoms with E-state index in [9.17, 15) is 4.39 Å². The van der Waals surface area contributed by atoms with E-state index in [-0.39, 0.29) is 11.6 Å². The zero-order valence-electron chi connectivity index (χ0n) is 11.8. The largest absolute Gasteiger partial charge is 0.494 e. The predicted molar refractivity (Wildman–Crippen MR) is 78.7 cm³/mol. The van der Waals surface area contributed by atoms with Gasteiger partial charge in [-0.25, -0.2) is 4.39 Å². The highest BCUT2D eigenvalue weighted by molar-refractivity contribution is 7.14. The highest BCUT2D eigenvalue weighted by Gasteiger charge is 2.10. The van der Waals surface area contributed by atoms with E-state index in [4.69, 9.17) is 4.74 Å². The summed E-state index contributed by atoms with van der Waals surface area (Å²) in [6.07, 6.45) is 0.828. The third-order valence-corrected chi connectivity index (χ3v) is 3.79. The summed E-state index contributed by atoms with van der Waals surface area (Å²) in [6, 6.07) is 5.28. The van der Waals surface area contributed by atoms with E-state index in [1.807, 2.05) is 0 Å². The van der Waals surface area contributed by atoms with Gasteiger partial charge in [0.15, 0.2) is 11.6 Å². The van der Waals surface area contributed by atoms with Crippen molar-refractivity contribution in [1.29, 1.82) is 0 Å². The first-order chi connectivity index (χ1) is 9.60. The number of benzene rings is 1. The van der Waals surface area contributed by atoms with Crippen molar-refractivity contribution in [1.82, 2.24) is 15.5 Å². The van der Waals surface area contributed by atoms with Gasteiger partial charge >= 0.3 is 0 Å². The summed E-state index contributed by atoms with van der Waals surface area (Å²) in [6.45, 7) is 5.07. The molecule has 0 bridgehead atoms. The summed E-state index contributed by atoms with van der Waals surface area (Å²) in [7, 11) is 1.45. The number of methoxy groups -OCH3 is 1. The van der Waals surface area contributed by atoms with Gasteiger partial charge in [0.2, 0.25) is 0 Å². The van der Waals surface area contributed by atoms with Crippen LogP contribution in [0, 0.1) is 5.82 Å². The van der Waals surface area contributed by atoms with Crippen molar-refractivity contribution in [2.24, 2.45) is 0 Å². The summed E-state index contributed by atoms with van der Waals surface area (Å²) < 4.78 is 18.6. The number of aromatic nitrogens is 2. The number of halogens is 1. The molecule has 0 radical (unpaired) electrons. The van der Waals surface area contributed by atoms with E-state index >= 15 is 0 Å². The highest BCUT2D eigenvalue weighted by atomic mass is 32.1. The molecule has 0 unspecified atom stereocenters. The van der Waals surface area contributed by atoms with Crippen LogP contribution in [0.2, 0.25) is 0 Å². The Kier molecular flexibility index (Phi) is 5.03. The lowest BCUT2D eigenvalue weighted by Crippen LogP contribution is -2.24. The van der Waals surface area contributed by atoms with Gasteiger partial charge < -0.3 is 10.1 Å². The lowest BCUT2D eigenvalue weighted by Gasteiger charge is -2.05. The fourth-order valence-corrected chi connectivity index (χ4v) is 2.57. The molecule has 6 heteroatoms. The molecule has 0 saturated carbocycles. The maximum atomic E-state index is 13.7. The molecule has 0 spiro atoms. The Morgan fingerprint density at radius 1 is 1.35 bits per heavy atom. The molecule has 4 nitrogen and oxygen atoms in total. The lowest BCUT2D eigenvalue weighted by molar-refractivity contribution is 0.386. The fraction of sp³-hybridized carbons (Fsp3) is 0.429.